The van der Waals surface area contributed by atoms with Gasteiger partial charge in [0.1, 0.15) is 0 Å². The van der Waals surface area contributed by atoms with Gasteiger partial charge in [0.15, 0.2) is 0 Å². The average molecular weight is 282 g/mol. The molecule has 0 bridgehead atoms. The molecule has 16 heavy (non-hydrogen) atoms. The summed E-state index contributed by atoms with van der Waals surface area (Å²) in [5, 5.41) is 1.09. The molecule has 1 aromatic carbocycles. The Hall–Kier alpha value is -1.29. The summed E-state index contributed by atoms with van der Waals surface area (Å²) < 4.78 is 7.72. The molecule has 1 heterocycles. The smallest absolute Gasteiger partial charge is 0.310 e. The van der Waals surface area contributed by atoms with E-state index in [1.54, 1.807) is 0 Å². The molecule has 0 amide bonds. The second-order valence-corrected chi connectivity index (χ2v) is 4.60. The maximum atomic E-state index is 11.3. The van der Waals surface area contributed by atoms with Crippen LogP contribution in [0.15, 0.2) is 28.9 Å². The lowest BCUT2D eigenvalue weighted by atomic mass is 10.1. The summed E-state index contributed by atoms with van der Waals surface area (Å²) >= 11 is 3.44. The van der Waals surface area contributed by atoms with E-state index < -0.39 is 0 Å². The molecule has 0 spiro atoms. The highest BCUT2D eigenvalue weighted by atomic mass is 79.9. The molecular formula is C12H12BrNO2. The standard InChI is InChI=1S/C12H12BrNO2/c1-14-7-8(5-12(15)16-2)10-4-3-9(13)6-11(10)14/h3-4,6-7H,5H2,1-2H3. The van der Waals surface area contributed by atoms with Crippen molar-refractivity contribution in [2.24, 2.45) is 7.05 Å². The van der Waals surface area contributed by atoms with E-state index in [0.29, 0.717) is 6.42 Å². The number of aromatic nitrogens is 1. The van der Waals surface area contributed by atoms with E-state index in [9.17, 15) is 4.79 Å². The van der Waals surface area contributed by atoms with Gasteiger partial charge < -0.3 is 9.30 Å². The molecule has 0 aliphatic heterocycles. The number of esters is 1. The minimum absolute atomic E-state index is 0.213. The lowest BCUT2D eigenvalue weighted by molar-refractivity contribution is -0.139. The van der Waals surface area contributed by atoms with Crippen molar-refractivity contribution in [3.8, 4) is 0 Å². The normalized spacial score (nSPS) is 10.7. The summed E-state index contributed by atoms with van der Waals surface area (Å²) in [7, 11) is 3.37. The molecule has 2 rings (SSSR count). The van der Waals surface area contributed by atoms with Crippen LogP contribution in [0, 0.1) is 0 Å². The van der Waals surface area contributed by atoms with Crippen LogP contribution in [0.5, 0.6) is 0 Å². The van der Waals surface area contributed by atoms with Crippen molar-refractivity contribution < 1.29 is 9.53 Å². The number of methoxy groups -OCH3 is 1. The summed E-state index contributed by atoms with van der Waals surface area (Å²) in [6.07, 6.45) is 2.28. The molecule has 1 aromatic heterocycles. The first kappa shape index (κ1) is 11.2. The molecule has 0 saturated carbocycles. The molecule has 0 fully saturated rings. The van der Waals surface area contributed by atoms with E-state index >= 15 is 0 Å². The number of ether oxygens (including phenoxy) is 1. The largest absolute Gasteiger partial charge is 0.469 e. The Morgan fingerprint density at radius 3 is 2.94 bits per heavy atom. The molecule has 3 nitrogen and oxygen atoms in total. The van der Waals surface area contributed by atoms with E-state index in [1.807, 2.05) is 36.0 Å². The second kappa shape index (κ2) is 4.29. The zero-order valence-electron chi connectivity index (χ0n) is 9.16. The lowest BCUT2D eigenvalue weighted by Gasteiger charge is -1.98. The Morgan fingerprint density at radius 1 is 1.50 bits per heavy atom. The molecule has 2 aromatic rings. The molecule has 0 N–H and O–H groups in total. The van der Waals surface area contributed by atoms with E-state index in [2.05, 4.69) is 20.7 Å². The molecule has 4 heteroatoms. The van der Waals surface area contributed by atoms with Gasteiger partial charge in [-0.25, -0.2) is 0 Å². The highest BCUT2D eigenvalue weighted by Gasteiger charge is 2.10. The summed E-state index contributed by atoms with van der Waals surface area (Å²) in [4.78, 5) is 11.3. The van der Waals surface area contributed by atoms with E-state index in [4.69, 9.17) is 0 Å². The minimum atomic E-state index is -0.213. The van der Waals surface area contributed by atoms with Gasteiger partial charge in [-0.3, -0.25) is 4.79 Å². The Kier molecular flexibility index (Phi) is 3.01. The van der Waals surface area contributed by atoms with Crippen molar-refractivity contribution >= 4 is 32.8 Å². The molecule has 0 saturated heterocycles. The van der Waals surface area contributed by atoms with Gasteiger partial charge in [-0.05, 0) is 17.7 Å². The number of hydrogen-bond acceptors (Lipinski definition) is 2. The summed E-state index contributed by atoms with van der Waals surface area (Å²) in [5.74, 6) is -0.213. The molecule has 0 radical (unpaired) electrons. The van der Waals surface area contributed by atoms with Gasteiger partial charge in [-0.1, -0.05) is 22.0 Å². The zero-order valence-corrected chi connectivity index (χ0v) is 10.7. The summed E-state index contributed by atoms with van der Waals surface area (Å²) in [6, 6.07) is 6.02. The fourth-order valence-corrected chi connectivity index (χ4v) is 2.16. The maximum Gasteiger partial charge on any atom is 0.310 e. The van der Waals surface area contributed by atoms with Crippen molar-refractivity contribution in [3.63, 3.8) is 0 Å². The third kappa shape index (κ3) is 1.97. The van der Waals surface area contributed by atoms with Crippen LogP contribution in [-0.2, 0) is 23.0 Å². The van der Waals surface area contributed by atoms with Gasteiger partial charge in [0, 0.05) is 28.6 Å². The molecule has 0 aliphatic rings. The van der Waals surface area contributed by atoms with Crippen molar-refractivity contribution in [2.45, 2.75) is 6.42 Å². The molecule has 0 atom stereocenters. The molecule has 0 unspecified atom stereocenters. The van der Waals surface area contributed by atoms with Crippen LogP contribution < -0.4 is 0 Å². The minimum Gasteiger partial charge on any atom is -0.469 e. The first-order chi connectivity index (χ1) is 7.61. The number of aryl methyl sites for hydroxylation is 1. The number of nitrogens with zero attached hydrogens (tertiary/aromatic N) is 1. The Balaban J connectivity index is 2.51. The van der Waals surface area contributed by atoms with Gasteiger partial charge in [-0.2, -0.15) is 0 Å². The molecule has 84 valence electrons. The van der Waals surface area contributed by atoms with Crippen LogP contribution in [-0.4, -0.2) is 17.6 Å². The van der Waals surface area contributed by atoms with Crippen LogP contribution in [0.3, 0.4) is 0 Å². The number of carbonyl (C=O) groups is 1. The van der Waals surface area contributed by atoms with Gasteiger partial charge in [0.05, 0.1) is 13.5 Å². The number of rotatable bonds is 2. The van der Waals surface area contributed by atoms with E-state index in [-0.39, 0.29) is 5.97 Å². The number of carbonyl (C=O) groups excluding carboxylic acids is 1. The predicted octanol–water partition coefficient (Wildman–Crippen LogP) is 2.66. The van der Waals surface area contributed by atoms with E-state index in [1.165, 1.54) is 7.11 Å². The zero-order chi connectivity index (χ0) is 11.7. The summed E-state index contributed by atoms with van der Waals surface area (Å²) in [6.45, 7) is 0. The van der Waals surface area contributed by atoms with Crippen molar-refractivity contribution in [1.29, 1.82) is 0 Å². The Labute approximate surface area is 102 Å². The summed E-state index contributed by atoms with van der Waals surface area (Å²) in [5.41, 5.74) is 2.10. The topological polar surface area (TPSA) is 31.2 Å². The number of hydrogen-bond donors (Lipinski definition) is 0. The third-order valence-corrected chi connectivity index (χ3v) is 3.09. The van der Waals surface area contributed by atoms with Crippen LogP contribution in [0.1, 0.15) is 5.56 Å². The first-order valence-corrected chi connectivity index (χ1v) is 5.71. The quantitative estimate of drug-likeness (QED) is 0.793. The third-order valence-electron chi connectivity index (χ3n) is 2.60. The maximum absolute atomic E-state index is 11.3. The van der Waals surface area contributed by atoms with Gasteiger partial charge >= 0.3 is 5.97 Å². The second-order valence-electron chi connectivity index (χ2n) is 3.68. The van der Waals surface area contributed by atoms with Crippen LogP contribution in [0.4, 0.5) is 0 Å². The highest BCUT2D eigenvalue weighted by molar-refractivity contribution is 9.10. The number of halogens is 1. The number of benzene rings is 1. The SMILES string of the molecule is COC(=O)Cc1cn(C)c2cc(Br)ccc12. The molecule has 0 aliphatic carbocycles. The Morgan fingerprint density at radius 2 is 2.25 bits per heavy atom. The fourth-order valence-electron chi connectivity index (χ4n) is 1.81. The number of fused-ring (bicyclic) bond motifs is 1. The van der Waals surface area contributed by atoms with Crippen molar-refractivity contribution in [3.05, 3.63) is 34.4 Å². The molecular weight excluding hydrogens is 270 g/mol. The van der Waals surface area contributed by atoms with Crippen molar-refractivity contribution in [1.82, 2.24) is 4.57 Å². The van der Waals surface area contributed by atoms with Gasteiger partial charge in [0.2, 0.25) is 0 Å². The fraction of sp³-hybridized carbons (Fsp3) is 0.250. The first-order valence-electron chi connectivity index (χ1n) is 4.92. The highest BCUT2D eigenvalue weighted by Crippen LogP contribution is 2.24. The monoisotopic (exact) mass is 281 g/mol. The van der Waals surface area contributed by atoms with Gasteiger partial charge in [0.25, 0.3) is 0 Å². The Bertz CT molecular complexity index is 545. The predicted molar refractivity (Wildman–Crippen MR) is 66.3 cm³/mol. The van der Waals surface area contributed by atoms with Crippen LogP contribution in [0.25, 0.3) is 10.9 Å². The van der Waals surface area contributed by atoms with Crippen LogP contribution in [0.2, 0.25) is 0 Å². The van der Waals surface area contributed by atoms with Crippen LogP contribution >= 0.6 is 15.9 Å². The average Bonchev–Trinajstić information content (AvgIpc) is 2.55. The van der Waals surface area contributed by atoms with Gasteiger partial charge in [-0.15, -0.1) is 0 Å². The lowest BCUT2D eigenvalue weighted by Crippen LogP contribution is -2.03. The van der Waals surface area contributed by atoms with E-state index in [0.717, 1.165) is 20.9 Å². The van der Waals surface area contributed by atoms with Crippen molar-refractivity contribution in [2.75, 3.05) is 7.11 Å².